The van der Waals surface area contributed by atoms with Gasteiger partial charge in [-0.2, -0.15) is 0 Å². The third kappa shape index (κ3) is 10.6. The van der Waals surface area contributed by atoms with Crippen molar-refractivity contribution in [2.75, 3.05) is 60.9 Å². The summed E-state index contributed by atoms with van der Waals surface area (Å²) in [5, 5.41) is 2.88. The van der Waals surface area contributed by atoms with E-state index in [1.807, 2.05) is 4.90 Å². The van der Waals surface area contributed by atoms with Gasteiger partial charge in [0, 0.05) is 37.6 Å². The van der Waals surface area contributed by atoms with Crippen molar-refractivity contribution in [3.63, 3.8) is 0 Å². The second kappa shape index (κ2) is 12.0. The van der Waals surface area contributed by atoms with Gasteiger partial charge in [0.25, 0.3) is 0 Å². The van der Waals surface area contributed by atoms with Crippen molar-refractivity contribution in [2.24, 2.45) is 0 Å². The SMILES string of the molecule is C=C(C)C(=O)NCCC[N+](C)(C)CCN(Cc1ccc(C[N+](C)(C)CC)cc1)C(C)=O. The molecule has 31 heavy (non-hydrogen) atoms. The topological polar surface area (TPSA) is 49.4 Å². The summed E-state index contributed by atoms with van der Waals surface area (Å²) < 4.78 is 1.76. The molecule has 1 N–H and O–H groups in total. The van der Waals surface area contributed by atoms with Gasteiger partial charge in [0.05, 0.1) is 54.4 Å². The Kier molecular flexibility index (Phi) is 10.4. The molecule has 0 saturated heterocycles. The van der Waals surface area contributed by atoms with Crippen LogP contribution in [0.15, 0.2) is 36.4 Å². The van der Waals surface area contributed by atoms with E-state index in [-0.39, 0.29) is 11.8 Å². The van der Waals surface area contributed by atoms with Crippen LogP contribution in [0.3, 0.4) is 0 Å². The normalized spacial score (nSPS) is 11.8. The first-order chi connectivity index (χ1) is 14.3. The molecule has 0 radical (unpaired) electrons. The minimum Gasteiger partial charge on any atom is -0.352 e. The molecule has 174 valence electrons. The summed E-state index contributed by atoms with van der Waals surface area (Å²) in [5.41, 5.74) is 3.02. The van der Waals surface area contributed by atoms with Crippen molar-refractivity contribution >= 4 is 11.8 Å². The van der Waals surface area contributed by atoms with Gasteiger partial charge in [-0.1, -0.05) is 30.8 Å². The third-order valence-corrected chi connectivity index (χ3v) is 5.90. The van der Waals surface area contributed by atoms with E-state index in [9.17, 15) is 9.59 Å². The largest absolute Gasteiger partial charge is 0.352 e. The lowest BCUT2D eigenvalue weighted by Crippen LogP contribution is -2.47. The fraction of sp³-hybridized carbons (Fsp3) is 0.600. The Hall–Kier alpha value is -2.18. The number of rotatable bonds is 13. The molecule has 0 spiro atoms. The first-order valence-corrected chi connectivity index (χ1v) is 11.3. The standard InChI is InChI=1S/C25H43N4O2/c1-9-28(5,6)20-24-13-11-23(12-14-24)19-27(22(4)30)16-18-29(7,8)17-10-15-26-25(31)21(2)3/h11-14H,2,9-10,15-20H2,1,3-8H3/q+1/p+1. The maximum Gasteiger partial charge on any atom is 0.246 e. The van der Waals surface area contributed by atoms with Gasteiger partial charge in [-0.25, -0.2) is 0 Å². The molecule has 0 bridgehead atoms. The van der Waals surface area contributed by atoms with E-state index in [0.29, 0.717) is 25.2 Å². The number of amides is 2. The van der Waals surface area contributed by atoms with Crippen LogP contribution >= 0.6 is 0 Å². The second-order valence-corrected chi connectivity index (χ2v) is 9.94. The Morgan fingerprint density at radius 3 is 2.06 bits per heavy atom. The summed E-state index contributed by atoms with van der Waals surface area (Å²) in [6, 6.07) is 8.65. The molecular weight excluding hydrogens is 388 g/mol. The van der Waals surface area contributed by atoms with Crippen molar-refractivity contribution in [1.29, 1.82) is 0 Å². The minimum atomic E-state index is -0.0868. The molecule has 0 heterocycles. The lowest BCUT2D eigenvalue weighted by Gasteiger charge is -2.32. The Bertz CT molecular complexity index is 738. The van der Waals surface area contributed by atoms with Crippen molar-refractivity contribution in [2.45, 2.75) is 40.3 Å². The summed E-state index contributed by atoms with van der Waals surface area (Å²) in [6.45, 7) is 15.1. The highest BCUT2D eigenvalue weighted by Crippen LogP contribution is 2.13. The van der Waals surface area contributed by atoms with Crippen molar-refractivity contribution < 1.29 is 18.6 Å². The molecule has 0 fully saturated rings. The molecule has 0 aromatic heterocycles. The fourth-order valence-corrected chi connectivity index (χ4v) is 3.29. The van der Waals surface area contributed by atoms with Crippen LogP contribution in [-0.2, 0) is 22.7 Å². The molecule has 0 aliphatic rings. The maximum absolute atomic E-state index is 12.2. The van der Waals surface area contributed by atoms with E-state index < -0.39 is 0 Å². The molecule has 1 rings (SSSR count). The highest BCUT2D eigenvalue weighted by Gasteiger charge is 2.19. The van der Waals surface area contributed by atoms with Gasteiger partial charge < -0.3 is 19.2 Å². The van der Waals surface area contributed by atoms with E-state index in [2.05, 4.69) is 71.3 Å². The minimum absolute atomic E-state index is 0.0868. The molecule has 6 nitrogen and oxygen atoms in total. The summed E-state index contributed by atoms with van der Waals surface area (Å²) in [6.07, 6.45) is 0.889. The predicted molar refractivity (Wildman–Crippen MR) is 128 cm³/mol. The zero-order valence-corrected chi connectivity index (χ0v) is 20.8. The zero-order valence-electron chi connectivity index (χ0n) is 20.8. The number of nitrogens with one attached hydrogen (secondary N) is 1. The quantitative estimate of drug-likeness (QED) is 0.296. The first-order valence-electron chi connectivity index (χ1n) is 11.3. The van der Waals surface area contributed by atoms with E-state index in [1.165, 1.54) is 5.56 Å². The molecule has 0 aliphatic heterocycles. The summed E-state index contributed by atoms with van der Waals surface area (Å²) in [4.78, 5) is 25.7. The van der Waals surface area contributed by atoms with Gasteiger partial charge in [-0.05, 0) is 19.4 Å². The number of nitrogens with zero attached hydrogens (tertiary/aromatic N) is 3. The Morgan fingerprint density at radius 2 is 1.55 bits per heavy atom. The Balaban J connectivity index is 2.56. The summed E-state index contributed by atoms with van der Waals surface area (Å²) in [5.74, 6) is 0.0119. The molecule has 0 saturated carbocycles. The number of quaternary nitrogens is 2. The Morgan fingerprint density at radius 1 is 0.968 bits per heavy atom. The smallest absolute Gasteiger partial charge is 0.246 e. The van der Waals surface area contributed by atoms with Gasteiger partial charge in [-0.3, -0.25) is 9.59 Å². The van der Waals surface area contributed by atoms with Gasteiger partial charge in [0.2, 0.25) is 11.8 Å². The van der Waals surface area contributed by atoms with Gasteiger partial charge in [-0.15, -0.1) is 0 Å². The van der Waals surface area contributed by atoms with E-state index >= 15 is 0 Å². The number of carbonyl (C=O) groups is 2. The highest BCUT2D eigenvalue weighted by atomic mass is 16.2. The van der Waals surface area contributed by atoms with Gasteiger partial charge >= 0.3 is 0 Å². The predicted octanol–water partition coefficient (Wildman–Crippen LogP) is 2.79. The lowest BCUT2D eigenvalue weighted by molar-refractivity contribution is -0.901. The van der Waals surface area contributed by atoms with E-state index in [1.54, 1.807) is 13.8 Å². The van der Waals surface area contributed by atoms with E-state index in [0.717, 1.165) is 47.1 Å². The summed E-state index contributed by atoms with van der Waals surface area (Å²) in [7, 11) is 8.81. The molecule has 1 aromatic rings. The monoisotopic (exact) mass is 432 g/mol. The molecule has 0 aliphatic carbocycles. The maximum atomic E-state index is 12.2. The third-order valence-electron chi connectivity index (χ3n) is 5.90. The average molecular weight is 433 g/mol. The second-order valence-electron chi connectivity index (χ2n) is 9.94. The van der Waals surface area contributed by atoms with Crippen LogP contribution in [0.25, 0.3) is 0 Å². The highest BCUT2D eigenvalue weighted by molar-refractivity contribution is 5.91. The van der Waals surface area contributed by atoms with E-state index in [4.69, 9.17) is 0 Å². The van der Waals surface area contributed by atoms with Crippen LogP contribution in [0, 0.1) is 0 Å². The number of benzene rings is 1. The van der Waals surface area contributed by atoms with Crippen LogP contribution in [-0.4, -0.2) is 86.6 Å². The molecule has 1 aromatic carbocycles. The van der Waals surface area contributed by atoms with Crippen molar-refractivity contribution in [1.82, 2.24) is 10.2 Å². The Labute approximate surface area is 189 Å². The number of likely N-dealkylation sites (N-methyl/N-ethyl adjacent to an activating group) is 1. The molecule has 0 unspecified atom stereocenters. The molecule has 2 amide bonds. The number of carbonyl (C=O) groups excluding carboxylic acids is 2. The lowest BCUT2D eigenvalue weighted by atomic mass is 10.1. The molecule has 0 atom stereocenters. The van der Waals surface area contributed by atoms with Crippen LogP contribution in [0.4, 0.5) is 0 Å². The zero-order chi connectivity index (χ0) is 23.7. The van der Waals surface area contributed by atoms with Gasteiger partial charge in [0.15, 0.2) is 0 Å². The van der Waals surface area contributed by atoms with Gasteiger partial charge in [0.1, 0.15) is 6.54 Å². The number of hydrogen-bond acceptors (Lipinski definition) is 2. The van der Waals surface area contributed by atoms with Crippen LogP contribution in [0.1, 0.15) is 38.3 Å². The molecular formula is C25H44N4O2+2. The number of hydrogen-bond donors (Lipinski definition) is 1. The van der Waals surface area contributed by atoms with Crippen LogP contribution in [0.2, 0.25) is 0 Å². The average Bonchev–Trinajstić information content (AvgIpc) is 2.69. The summed E-state index contributed by atoms with van der Waals surface area (Å²) >= 11 is 0. The van der Waals surface area contributed by atoms with Crippen molar-refractivity contribution in [3.8, 4) is 0 Å². The first kappa shape index (κ1) is 26.9. The fourth-order valence-electron chi connectivity index (χ4n) is 3.29. The molecule has 6 heteroatoms. The van der Waals surface area contributed by atoms with Crippen LogP contribution in [0.5, 0.6) is 0 Å². The van der Waals surface area contributed by atoms with Crippen molar-refractivity contribution in [3.05, 3.63) is 47.5 Å². The van der Waals surface area contributed by atoms with Crippen LogP contribution < -0.4 is 5.32 Å².